The molecule has 0 aliphatic heterocycles. The Morgan fingerprint density at radius 1 is 1.19 bits per heavy atom. The van der Waals surface area contributed by atoms with E-state index in [2.05, 4.69) is 15.0 Å². The van der Waals surface area contributed by atoms with Crippen LogP contribution in [-0.4, -0.2) is 19.9 Å². The number of aryl methyl sites for hydroxylation is 1. The van der Waals surface area contributed by atoms with Crippen LogP contribution in [0.1, 0.15) is 18.9 Å². The van der Waals surface area contributed by atoms with E-state index in [1.165, 1.54) is 6.20 Å². The van der Waals surface area contributed by atoms with Crippen molar-refractivity contribution in [2.45, 2.75) is 25.2 Å². The van der Waals surface area contributed by atoms with Crippen molar-refractivity contribution in [3.05, 3.63) is 48.3 Å². The molecule has 21 heavy (non-hydrogen) atoms. The van der Waals surface area contributed by atoms with Gasteiger partial charge in [-0.25, -0.2) is 8.42 Å². The van der Waals surface area contributed by atoms with Crippen molar-refractivity contribution in [1.29, 1.82) is 0 Å². The Kier molecular flexibility index (Phi) is 4.80. The molecule has 2 N–H and O–H groups in total. The molecule has 0 bridgehead atoms. The summed E-state index contributed by atoms with van der Waals surface area (Å²) in [5.74, 6) is 0. The van der Waals surface area contributed by atoms with E-state index in [9.17, 15) is 8.42 Å². The number of pyridine rings is 1. The van der Waals surface area contributed by atoms with Crippen LogP contribution in [0.25, 0.3) is 0 Å². The van der Waals surface area contributed by atoms with Gasteiger partial charge >= 0.3 is 0 Å². The van der Waals surface area contributed by atoms with Crippen molar-refractivity contribution in [3.8, 4) is 0 Å². The van der Waals surface area contributed by atoms with Gasteiger partial charge in [0.1, 0.15) is 4.90 Å². The van der Waals surface area contributed by atoms with E-state index < -0.39 is 10.0 Å². The van der Waals surface area contributed by atoms with E-state index in [0.29, 0.717) is 11.4 Å². The Balaban J connectivity index is 2.31. The summed E-state index contributed by atoms with van der Waals surface area (Å²) in [6.45, 7) is 4.61. The molecule has 1 heterocycles. The van der Waals surface area contributed by atoms with E-state index in [1.54, 1.807) is 30.5 Å². The van der Waals surface area contributed by atoms with Gasteiger partial charge in [0, 0.05) is 12.7 Å². The first-order valence-electron chi connectivity index (χ1n) is 6.80. The lowest BCUT2D eigenvalue weighted by Gasteiger charge is -2.13. The minimum Gasteiger partial charge on any atom is -0.384 e. The Bertz CT molecular complexity index is 714. The average molecular weight is 305 g/mol. The molecule has 0 radical (unpaired) electrons. The minimum absolute atomic E-state index is 0.236. The third-order valence-corrected chi connectivity index (χ3v) is 4.31. The molecule has 0 atom stereocenters. The summed E-state index contributed by atoms with van der Waals surface area (Å²) in [4.78, 5) is 4.23. The van der Waals surface area contributed by atoms with E-state index in [0.717, 1.165) is 18.5 Å². The van der Waals surface area contributed by atoms with Crippen LogP contribution in [-0.2, 0) is 10.0 Å². The van der Waals surface area contributed by atoms with Crippen LogP contribution in [0.3, 0.4) is 0 Å². The van der Waals surface area contributed by atoms with Gasteiger partial charge in [0.05, 0.1) is 17.6 Å². The van der Waals surface area contributed by atoms with Crippen LogP contribution in [0.5, 0.6) is 0 Å². The summed E-state index contributed by atoms with van der Waals surface area (Å²) < 4.78 is 27.6. The second-order valence-electron chi connectivity index (χ2n) is 4.78. The fraction of sp³-hybridized carbons (Fsp3) is 0.267. The maximum Gasteiger partial charge on any atom is 0.264 e. The molecule has 112 valence electrons. The fourth-order valence-electron chi connectivity index (χ4n) is 1.93. The Labute approximate surface area is 125 Å². The van der Waals surface area contributed by atoms with Gasteiger partial charge in [-0.15, -0.1) is 0 Å². The molecular weight excluding hydrogens is 286 g/mol. The van der Waals surface area contributed by atoms with Gasteiger partial charge in [0.2, 0.25) is 0 Å². The van der Waals surface area contributed by atoms with Crippen molar-refractivity contribution in [1.82, 2.24) is 4.98 Å². The molecule has 0 saturated heterocycles. The highest BCUT2D eigenvalue weighted by Crippen LogP contribution is 2.23. The maximum atomic E-state index is 12.5. The number of benzene rings is 1. The second kappa shape index (κ2) is 6.58. The van der Waals surface area contributed by atoms with Crippen molar-refractivity contribution in [2.75, 3.05) is 16.6 Å². The van der Waals surface area contributed by atoms with Crippen LogP contribution in [0.2, 0.25) is 0 Å². The minimum atomic E-state index is -3.64. The third-order valence-electron chi connectivity index (χ3n) is 2.87. The molecule has 2 aromatic rings. The van der Waals surface area contributed by atoms with Gasteiger partial charge in [0.25, 0.3) is 10.0 Å². The highest BCUT2D eigenvalue weighted by atomic mass is 32.2. The number of rotatable bonds is 6. The average Bonchev–Trinajstić information content (AvgIpc) is 2.45. The Morgan fingerprint density at radius 3 is 2.67 bits per heavy atom. The molecule has 0 unspecified atom stereocenters. The first-order chi connectivity index (χ1) is 10.0. The van der Waals surface area contributed by atoms with E-state index in [4.69, 9.17) is 0 Å². The molecule has 0 fully saturated rings. The van der Waals surface area contributed by atoms with Crippen LogP contribution in [0.15, 0.2) is 47.6 Å². The molecule has 5 nitrogen and oxygen atoms in total. The van der Waals surface area contributed by atoms with Crippen molar-refractivity contribution >= 4 is 21.4 Å². The fourth-order valence-corrected chi connectivity index (χ4v) is 3.15. The zero-order valence-electron chi connectivity index (χ0n) is 12.1. The van der Waals surface area contributed by atoms with Gasteiger partial charge in [-0.1, -0.05) is 19.1 Å². The molecule has 6 heteroatoms. The number of aromatic nitrogens is 1. The monoisotopic (exact) mass is 305 g/mol. The molecule has 0 saturated carbocycles. The molecule has 1 aromatic carbocycles. The number of para-hydroxylation sites is 1. The summed E-state index contributed by atoms with van der Waals surface area (Å²) in [5.41, 5.74) is 1.96. The smallest absolute Gasteiger partial charge is 0.264 e. The van der Waals surface area contributed by atoms with Crippen LogP contribution < -0.4 is 10.0 Å². The standard InChI is InChI=1S/C15H19N3O2S/c1-3-8-17-14-6-4-5-7-15(14)21(19,20)18-13-9-12(2)10-16-11-13/h4-7,9-11,17-18H,3,8H2,1-2H3. The summed E-state index contributed by atoms with van der Waals surface area (Å²) >= 11 is 0. The van der Waals surface area contributed by atoms with Gasteiger partial charge in [0.15, 0.2) is 0 Å². The molecule has 0 aliphatic rings. The summed E-state index contributed by atoms with van der Waals surface area (Å²) in [7, 11) is -3.64. The number of hydrogen-bond acceptors (Lipinski definition) is 4. The third kappa shape index (κ3) is 3.95. The van der Waals surface area contributed by atoms with Crippen LogP contribution in [0.4, 0.5) is 11.4 Å². The Morgan fingerprint density at radius 2 is 1.95 bits per heavy atom. The molecule has 0 aliphatic carbocycles. The second-order valence-corrected chi connectivity index (χ2v) is 6.43. The topological polar surface area (TPSA) is 71.1 Å². The number of sulfonamides is 1. The van der Waals surface area contributed by atoms with Crippen molar-refractivity contribution in [3.63, 3.8) is 0 Å². The number of hydrogen-bond donors (Lipinski definition) is 2. The first-order valence-corrected chi connectivity index (χ1v) is 8.28. The predicted molar refractivity (Wildman–Crippen MR) is 85.0 cm³/mol. The molecule has 0 amide bonds. The molecular formula is C15H19N3O2S. The lowest BCUT2D eigenvalue weighted by atomic mass is 10.3. The quantitative estimate of drug-likeness (QED) is 0.860. The van der Waals surface area contributed by atoms with Gasteiger partial charge in [-0.05, 0) is 37.1 Å². The van der Waals surface area contributed by atoms with Crippen molar-refractivity contribution < 1.29 is 8.42 Å². The normalized spacial score (nSPS) is 11.1. The SMILES string of the molecule is CCCNc1ccccc1S(=O)(=O)Nc1cncc(C)c1. The first kappa shape index (κ1) is 15.3. The van der Waals surface area contributed by atoms with Gasteiger partial charge in [-0.3, -0.25) is 9.71 Å². The van der Waals surface area contributed by atoms with E-state index in [1.807, 2.05) is 19.9 Å². The van der Waals surface area contributed by atoms with E-state index in [-0.39, 0.29) is 4.90 Å². The van der Waals surface area contributed by atoms with E-state index >= 15 is 0 Å². The van der Waals surface area contributed by atoms with Gasteiger partial charge in [-0.2, -0.15) is 0 Å². The molecule has 0 spiro atoms. The number of anilines is 2. The van der Waals surface area contributed by atoms with Gasteiger partial charge < -0.3 is 5.32 Å². The summed E-state index contributed by atoms with van der Waals surface area (Å²) in [5, 5.41) is 3.13. The lowest BCUT2D eigenvalue weighted by molar-refractivity contribution is 0.601. The summed E-state index contributed by atoms with van der Waals surface area (Å²) in [6, 6.07) is 8.61. The lowest BCUT2D eigenvalue weighted by Crippen LogP contribution is -2.15. The zero-order chi connectivity index (χ0) is 15.3. The molecule has 2 rings (SSSR count). The summed E-state index contributed by atoms with van der Waals surface area (Å²) in [6.07, 6.45) is 4.09. The number of nitrogens with one attached hydrogen (secondary N) is 2. The maximum absolute atomic E-state index is 12.5. The van der Waals surface area contributed by atoms with Crippen molar-refractivity contribution in [2.24, 2.45) is 0 Å². The zero-order valence-corrected chi connectivity index (χ0v) is 12.9. The van der Waals surface area contributed by atoms with Crippen LogP contribution >= 0.6 is 0 Å². The number of nitrogens with zero attached hydrogens (tertiary/aromatic N) is 1. The van der Waals surface area contributed by atoms with Crippen LogP contribution in [0, 0.1) is 6.92 Å². The Hall–Kier alpha value is -2.08. The predicted octanol–water partition coefficient (Wildman–Crippen LogP) is 3.01. The highest BCUT2D eigenvalue weighted by molar-refractivity contribution is 7.92. The highest BCUT2D eigenvalue weighted by Gasteiger charge is 2.18. The molecule has 1 aromatic heterocycles. The largest absolute Gasteiger partial charge is 0.384 e.